The van der Waals surface area contributed by atoms with E-state index in [1.165, 1.54) is 11.1 Å². The van der Waals surface area contributed by atoms with Crippen molar-refractivity contribution < 1.29 is 4.39 Å². The highest BCUT2D eigenvalue weighted by Crippen LogP contribution is 2.45. The van der Waals surface area contributed by atoms with Gasteiger partial charge in [-0.1, -0.05) is 49.1 Å². The first kappa shape index (κ1) is 21.1. The molecule has 0 radical (unpaired) electrons. The van der Waals surface area contributed by atoms with Gasteiger partial charge < -0.3 is 0 Å². The Morgan fingerprint density at radius 1 is 1.15 bits per heavy atom. The molecule has 1 aromatic rings. The third-order valence-electron chi connectivity index (χ3n) is 5.82. The quantitative estimate of drug-likeness (QED) is 0.487. The molecule has 0 aliphatic carbocycles. The molecule has 1 heterocycles. The molecule has 0 fully saturated rings. The lowest BCUT2D eigenvalue weighted by molar-refractivity contribution is 0.0940. The lowest BCUT2D eigenvalue weighted by Gasteiger charge is -2.41. The molecule has 0 aromatic heterocycles. The minimum atomic E-state index is -1.51. The van der Waals surface area contributed by atoms with Crippen LogP contribution in [0.2, 0.25) is 0 Å². The first-order chi connectivity index (χ1) is 12.6. The highest BCUT2D eigenvalue weighted by molar-refractivity contribution is 6.14. The molecule has 1 aliphatic heterocycles. The predicted molar refractivity (Wildman–Crippen MR) is 116 cm³/mol. The van der Waals surface area contributed by atoms with Gasteiger partial charge in [0.1, 0.15) is 0 Å². The van der Waals surface area contributed by atoms with Crippen molar-refractivity contribution in [2.45, 2.75) is 66.1 Å². The molecule has 0 saturated carbocycles. The van der Waals surface area contributed by atoms with Crippen molar-refractivity contribution in [1.29, 1.82) is 0 Å². The summed E-state index contributed by atoms with van der Waals surface area (Å²) in [5.74, 6) is 0. The molecule has 2 rings (SSSR count). The maximum absolute atomic E-state index is 15.6. The normalized spacial score (nSPS) is 23.0. The molecule has 1 aliphatic rings. The zero-order valence-electron chi connectivity index (χ0n) is 17.8. The van der Waals surface area contributed by atoms with Gasteiger partial charge in [-0.05, 0) is 77.2 Å². The third kappa shape index (κ3) is 3.90. The number of fused-ring (bicyclic) bond motifs is 1. The van der Waals surface area contributed by atoms with E-state index in [9.17, 15) is 0 Å². The number of allylic oxidation sites excluding steroid dienone is 7. The van der Waals surface area contributed by atoms with Crippen LogP contribution in [0, 0.1) is 0 Å². The van der Waals surface area contributed by atoms with E-state index in [4.69, 9.17) is 4.99 Å². The Labute approximate surface area is 164 Å². The average Bonchev–Trinajstić information content (AvgIpc) is 2.62. The van der Waals surface area contributed by atoms with E-state index < -0.39 is 11.2 Å². The Hall–Kier alpha value is -2.22. The van der Waals surface area contributed by atoms with Crippen LogP contribution in [0.3, 0.4) is 0 Å². The van der Waals surface area contributed by atoms with E-state index in [1.54, 1.807) is 6.92 Å². The first-order valence-corrected chi connectivity index (χ1v) is 9.59. The Kier molecular flexibility index (Phi) is 6.09. The van der Waals surface area contributed by atoms with Crippen molar-refractivity contribution in [1.82, 2.24) is 0 Å². The number of alkyl halides is 1. The van der Waals surface area contributed by atoms with E-state index in [0.717, 1.165) is 22.4 Å². The Bertz CT molecular complexity index is 860. The van der Waals surface area contributed by atoms with Crippen LogP contribution in [0.5, 0.6) is 0 Å². The maximum Gasteiger partial charge on any atom is 0.158 e. The van der Waals surface area contributed by atoms with E-state index >= 15 is 4.39 Å². The average molecular weight is 366 g/mol. The second kappa shape index (κ2) is 7.80. The Morgan fingerprint density at radius 2 is 1.78 bits per heavy atom. The molecular weight excluding hydrogens is 333 g/mol. The number of halogens is 1. The van der Waals surface area contributed by atoms with Crippen molar-refractivity contribution >= 4 is 5.71 Å². The van der Waals surface area contributed by atoms with Crippen molar-refractivity contribution in [2.75, 3.05) is 0 Å². The van der Waals surface area contributed by atoms with Gasteiger partial charge in [0.05, 0.1) is 11.3 Å². The SMILES string of the molecule is C=C(C/C(=C\C)C1=NC(C)(C)C(C)(F)c2ccccc21)/C(C)=C(C)\C=C/C. The summed E-state index contributed by atoms with van der Waals surface area (Å²) in [6.07, 6.45) is 6.91. The minimum Gasteiger partial charge on any atom is -0.275 e. The molecule has 144 valence electrons. The smallest absolute Gasteiger partial charge is 0.158 e. The van der Waals surface area contributed by atoms with Crippen LogP contribution in [0.25, 0.3) is 0 Å². The van der Waals surface area contributed by atoms with Crippen molar-refractivity contribution in [3.8, 4) is 0 Å². The van der Waals surface area contributed by atoms with Crippen LogP contribution in [0.1, 0.15) is 66.0 Å². The summed E-state index contributed by atoms with van der Waals surface area (Å²) in [6.45, 7) is 17.9. The van der Waals surface area contributed by atoms with Gasteiger partial charge in [-0.2, -0.15) is 0 Å². The number of hydrogen-bond acceptors (Lipinski definition) is 1. The monoisotopic (exact) mass is 365 g/mol. The van der Waals surface area contributed by atoms with Gasteiger partial charge in [-0.25, -0.2) is 4.39 Å². The highest BCUT2D eigenvalue weighted by Gasteiger charge is 2.48. The van der Waals surface area contributed by atoms with Crippen LogP contribution in [-0.2, 0) is 5.67 Å². The molecule has 0 saturated heterocycles. The third-order valence-corrected chi connectivity index (χ3v) is 5.82. The minimum absolute atomic E-state index is 0.698. The van der Waals surface area contributed by atoms with Gasteiger partial charge in [0.15, 0.2) is 5.67 Å². The largest absolute Gasteiger partial charge is 0.275 e. The van der Waals surface area contributed by atoms with Crippen molar-refractivity contribution in [3.63, 3.8) is 0 Å². The van der Waals surface area contributed by atoms with Gasteiger partial charge in [0, 0.05) is 11.1 Å². The number of rotatable bonds is 5. The summed E-state index contributed by atoms with van der Waals surface area (Å²) < 4.78 is 15.6. The van der Waals surface area contributed by atoms with Crippen LogP contribution >= 0.6 is 0 Å². The fourth-order valence-electron chi connectivity index (χ4n) is 3.46. The van der Waals surface area contributed by atoms with Crippen LogP contribution in [0.15, 0.2) is 76.4 Å². The van der Waals surface area contributed by atoms with Gasteiger partial charge in [-0.3, -0.25) is 4.99 Å². The topological polar surface area (TPSA) is 12.4 Å². The number of aliphatic imine (C=N–C) groups is 1. The highest BCUT2D eigenvalue weighted by atomic mass is 19.1. The van der Waals surface area contributed by atoms with Crippen LogP contribution in [-0.4, -0.2) is 11.3 Å². The summed E-state index contributed by atoms with van der Waals surface area (Å²) in [7, 11) is 0. The second-order valence-corrected chi connectivity index (χ2v) is 7.97. The standard InChI is InChI=1S/C25H32FN/c1-9-13-17(3)19(5)18(4)16-20(10-2)23-21-14-11-12-15-22(21)25(8,26)24(6,7)27-23/h9-15H,4,16H2,1-3,5-8H3/b13-9-,19-17-,20-10+. The fourth-order valence-corrected chi connectivity index (χ4v) is 3.46. The predicted octanol–water partition coefficient (Wildman–Crippen LogP) is 7.26. The zero-order chi connectivity index (χ0) is 20.4. The summed E-state index contributed by atoms with van der Waals surface area (Å²) in [5.41, 5.74) is 4.67. The first-order valence-electron chi connectivity index (χ1n) is 9.59. The molecule has 1 atom stereocenters. The molecule has 0 amide bonds. The fraction of sp³-hybridized carbons (Fsp3) is 0.400. The number of benzene rings is 1. The number of hydrogen-bond donors (Lipinski definition) is 0. The van der Waals surface area contributed by atoms with E-state index in [2.05, 4.69) is 32.6 Å². The molecule has 0 spiro atoms. The molecule has 0 N–H and O–H groups in total. The van der Waals surface area contributed by atoms with Crippen LogP contribution < -0.4 is 0 Å². The molecular formula is C25H32FN. The second-order valence-electron chi connectivity index (χ2n) is 7.97. The molecule has 2 heteroatoms. The summed E-state index contributed by atoms with van der Waals surface area (Å²) in [4.78, 5) is 4.88. The molecule has 27 heavy (non-hydrogen) atoms. The Balaban J connectivity index is 2.51. The molecule has 1 aromatic carbocycles. The Morgan fingerprint density at radius 3 is 2.37 bits per heavy atom. The maximum atomic E-state index is 15.6. The lowest BCUT2D eigenvalue weighted by Crippen LogP contribution is -2.45. The van der Waals surface area contributed by atoms with Crippen molar-refractivity contribution in [2.24, 2.45) is 4.99 Å². The van der Waals surface area contributed by atoms with E-state index in [-0.39, 0.29) is 0 Å². The summed E-state index contributed by atoms with van der Waals surface area (Å²) >= 11 is 0. The number of nitrogens with zero attached hydrogens (tertiary/aromatic N) is 1. The summed E-state index contributed by atoms with van der Waals surface area (Å²) in [6, 6.07) is 7.71. The lowest BCUT2D eigenvalue weighted by atomic mass is 9.74. The van der Waals surface area contributed by atoms with Crippen LogP contribution in [0.4, 0.5) is 4.39 Å². The van der Waals surface area contributed by atoms with Gasteiger partial charge in [0.25, 0.3) is 0 Å². The van der Waals surface area contributed by atoms with Gasteiger partial charge in [0.2, 0.25) is 0 Å². The van der Waals surface area contributed by atoms with Gasteiger partial charge >= 0.3 is 0 Å². The molecule has 1 nitrogen and oxygen atoms in total. The van der Waals surface area contributed by atoms with E-state index in [0.29, 0.717) is 12.0 Å². The molecule has 0 bridgehead atoms. The van der Waals surface area contributed by atoms with Crippen molar-refractivity contribution in [3.05, 3.63) is 82.5 Å². The summed E-state index contributed by atoms with van der Waals surface area (Å²) in [5, 5.41) is 0. The molecule has 1 unspecified atom stereocenters. The van der Waals surface area contributed by atoms with Gasteiger partial charge in [-0.15, -0.1) is 0 Å². The van der Waals surface area contributed by atoms with E-state index in [1.807, 2.05) is 58.0 Å². The zero-order valence-corrected chi connectivity index (χ0v) is 17.8.